The molecule has 3 aromatic rings. The average Bonchev–Trinajstić information content (AvgIpc) is 2.78. The van der Waals surface area contributed by atoms with E-state index in [0.717, 1.165) is 35.0 Å². The molecule has 0 amide bonds. The second-order valence-electron chi connectivity index (χ2n) is 4.75. The van der Waals surface area contributed by atoms with E-state index >= 15 is 0 Å². The molecule has 0 saturated heterocycles. The molecule has 1 N–H and O–H groups in total. The van der Waals surface area contributed by atoms with Crippen LogP contribution in [0.25, 0.3) is 5.65 Å². The molecule has 3 heterocycles. The first kappa shape index (κ1) is 12.7. The molecule has 6 nitrogen and oxygen atoms in total. The van der Waals surface area contributed by atoms with E-state index in [1.807, 2.05) is 38.4 Å². The highest BCUT2D eigenvalue weighted by molar-refractivity contribution is 5.38. The fraction of sp³-hybridized carbons (Fsp3) is 0.286. The zero-order chi connectivity index (χ0) is 13.9. The maximum absolute atomic E-state index is 4.38. The maximum Gasteiger partial charge on any atom is 0.155 e. The average molecular weight is 268 g/mol. The van der Waals surface area contributed by atoms with Gasteiger partial charge in [0.25, 0.3) is 0 Å². The second kappa shape index (κ2) is 5.34. The van der Waals surface area contributed by atoms with Crippen LogP contribution in [-0.2, 0) is 13.1 Å². The van der Waals surface area contributed by atoms with Gasteiger partial charge in [-0.1, -0.05) is 0 Å². The zero-order valence-corrected chi connectivity index (χ0v) is 11.5. The van der Waals surface area contributed by atoms with Crippen molar-refractivity contribution in [3.05, 3.63) is 53.5 Å². The summed E-state index contributed by atoms with van der Waals surface area (Å²) in [5, 5.41) is 7.70. The summed E-state index contributed by atoms with van der Waals surface area (Å²) in [4.78, 5) is 12.8. The molecule has 3 rings (SSSR count). The highest BCUT2D eigenvalue weighted by Gasteiger charge is 2.01. The van der Waals surface area contributed by atoms with Gasteiger partial charge < -0.3 is 5.32 Å². The van der Waals surface area contributed by atoms with Crippen molar-refractivity contribution in [2.75, 3.05) is 0 Å². The lowest BCUT2D eigenvalue weighted by Crippen LogP contribution is -2.14. The van der Waals surface area contributed by atoms with Gasteiger partial charge in [0, 0.05) is 43.3 Å². The van der Waals surface area contributed by atoms with Crippen molar-refractivity contribution in [1.82, 2.24) is 29.9 Å². The van der Waals surface area contributed by atoms with Crippen LogP contribution >= 0.6 is 0 Å². The number of aryl methyl sites for hydroxylation is 2. The Hall–Kier alpha value is -2.34. The van der Waals surface area contributed by atoms with Crippen LogP contribution in [0.3, 0.4) is 0 Å². The molecule has 0 saturated carbocycles. The van der Waals surface area contributed by atoms with Crippen LogP contribution in [-0.4, -0.2) is 24.6 Å². The smallest absolute Gasteiger partial charge is 0.155 e. The third-order valence-corrected chi connectivity index (χ3v) is 2.96. The molecule has 0 spiro atoms. The van der Waals surface area contributed by atoms with E-state index in [0.29, 0.717) is 6.54 Å². The topological polar surface area (TPSA) is 68.0 Å². The molecular weight excluding hydrogens is 252 g/mol. The van der Waals surface area contributed by atoms with Crippen molar-refractivity contribution >= 4 is 5.65 Å². The van der Waals surface area contributed by atoms with E-state index in [4.69, 9.17) is 0 Å². The number of fused-ring (bicyclic) bond motifs is 1. The zero-order valence-electron chi connectivity index (χ0n) is 11.5. The summed E-state index contributed by atoms with van der Waals surface area (Å²) < 4.78 is 1.81. The normalized spacial score (nSPS) is 11.1. The van der Waals surface area contributed by atoms with Crippen molar-refractivity contribution in [1.29, 1.82) is 0 Å². The minimum atomic E-state index is 0.708. The Morgan fingerprint density at radius 3 is 2.95 bits per heavy atom. The third-order valence-electron chi connectivity index (χ3n) is 2.96. The van der Waals surface area contributed by atoms with Crippen molar-refractivity contribution in [2.24, 2.45) is 0 Å². The monoisotopic (exact) mass is 268 g/mol. The molecule has 102 valence electrons. The molecule has 0 fully saturated rings. The fourth-order valence-electron chi connectivity index (χ4n) is 2.06. The van der Waals surface area contributed by atoms with E-state index in [1.54, 1.807) is 10.7 Å². The Morgan fingerprint density at radius 1 is 1.20 bits per heavy atom. The lowest BCUT2D eigenvalue weighted by atomic mass is 10.3. The van der Waals surface area contributed by atoms with Gasteiger partial charge in [0.2, 0.25) is 0 Å². The van der Waals surface area contributed by atoms with Crippen LogP contribution in [0.2, 0.25) is 0 Å². The van der Waals surface area contributed by atoms with Gasteiger partial charge in [0.1, 0.15) is 5.82 Å². The lowest BCUT2D eigenvalue weighted by Gasteiger charge is -2.05. The first-order valence-electron chi connectivity index (χ1n) is 6.51. The Labute approximate surface area is 116 Å². The largest absolute Gasteiger partial charge is 0.307 e. The number of hydrogen-bond acceptors (Lipinski definition) is 5. The summed E-state index contributed by atoms with van der Waals surface area (Å²) in [6.45, 7) is 5.29. The van der Waals surface area contributed by atoms with Gasteiger partial charge in [0.15, 0.2) is 5.65 Å². The highest BCUT2D eigenvalue weighted by atomic mass is 15.2. The number of nitrogens with zero attached hydrogens (tertiary/aromatic N) is 5. The van der Waals surface area contributed by atoms with Crippen molar-refractivity contribution in [2.45, 2.75) is 26.9 Å². The summed E-state index contributed by atoms with van der Waals surface area (Å²) >= 11 is 0. The van der Waals surface area contributed by atoms with Gasteiger partial charge >= 0.3 is 0 Å². The van der Waals surface area contributed by atoms with Gasteiger partial charge in [-0.2, -0.15) is 5.10 Å². The van der Waals surface area contributed by atoms with Crippen molar-refractivity contribution in [3.63, 3.8) is 0 Å². The van der Waals surface area contributed by atoms with Crippen LogP contribution in [0.4, 0.5) is 0 Å². The van der Waals surface area contributed by atoms with Crippen molar-refractivity contribution in [3.8, 4) is 0 Å². The van der Waals surface area contributed by atoms with Crippen LogP contribution in [0.1, 0.15) is 22.8 Å². The fourth-order valence-corrected chi connectivity index (χ4v) is 2.06. The summed E-state index contributed by atoms with van der Waals surface area (Å²) in [6.07, 6.45) is 5.64. The van der Waals surface area contributed by atoms with Gasteiger partial charge in [-0.15, -0.1) is 0 Å². The van der Waals surface area contributed by atoms with Gasteiger partial charge in [-0.25, -0.2) is 19.5 Å². The molecule has 3 aromatic heterocycles. The number of aromatic nitrogens is 5. The van der Waals surface area contributed by atoms with Gasteiger partial charge in [-0.3, -0.25) is 0 Å². The number of rotatable bonds is 4. The van der Waals surface area contributed by atoms with E-state index in [1.165, 1.54) is 0 Å². The minimum Gasteiger partial charge on any atom is -0.307 e. The molecule has 0 aromatic carbocycles. The molecule has 0 aliphatic carbocycles. The summed E-state index contributed by atoms with van der Waals surface area (Å²) in [7, 11) is 0. The first-order valence-corrected chi connectivity index (χ1v) is 6.51. The van der Waals surface area contributed by atoms with E-state index in [2.05, 4.69) is 25.4 Å². The van der Waals surface area contributed by atoms with Crippen molar-refractivity contribution < 1.29 is 0 Å². The highest BCUT2D eigenvalue weighted by Crippen LogP contribution is 2.05. The molecule has 20 heavy (non-hydrogen) atoms. The van der Waals surface area contributed by atoms with E-state index in [-0.39, 0.29) is 0 Å². The Kier molecular flexibility index (Phi) is 3.39. The predicted octanol–water partition coefficient (Wildman–Crippen LogP) is 1.43. The van der Waals surface area contributed by atoms with Crippen LogP contribution in [0.15, 0.2) is 30.7 Å². The summed E-state index contributed by atoms with van der Waals surface area (Å²) in [5.74, 6) is 0.791. The molecule has 0 radical (unpaired) electrons. The quantitative estimate of drug-likeness (QED) is 0.775. The molecule has 0 bridgehead atoms. The second-order valence-corrected chi connectivity index (χ2v) is 4.75. The third kappa shape index (κ3) is 2.80. The summed E-state index contributed by atoms with van der Waals surface area (Å²) in [5.41, 5.74) is 3.92. The Balaban J connectivity index is 1.64. The molecule has 0 unspecified atom stereocenters. The number of nitrogens with one attached hydrogen (secondary N) is 1. The summed E-state index contributed by atoms with van der Waals surface area (Å²) in [6, 6.07) is 3.87. The first-order chi connectivity index (χ1) is 9.70. The number of hydrogen-bond donors (Lipinski definition) is 1. The SMILES string of the molecule is Cc1cc2ncc(CNCc3ccnc(C)n3)cn2n1. The minimum absolute atomic E-state index is 0.708. The van der Waals surface area contributed by atoms with Gasteiger partial charge in [-0.05, 0) is 19.9 Å². The molecular formula is C14H16N6. The van der Waals surface area contributed by atoms with Gasteiger partial charge in [0.05, 0.1) is 11.4 Å². The van der Waals surface area contributed by atoms with E-state index in [9.17, 15) is 0 Å². The predicted molar refractivity (Wildman–Crippen MR) is 75.0 cm³/mol. The van der Waals surface area contributed by atoms with Crippen LogP contribution < -0.4 is 5.32 Å². The van der Waals surface area contributed by atoms with E-state index < -0.39 is 0 Å². The molecule has 0 aliphatic rings. The lowest BCUT2D eigenvalue weighted by molar-refractivity contribution is 0.669. The Bertz CT molecular complexity index is 733. The maximum atomic E-state index is 4.38. The van der Waals surface area contributed by atoms with Crippen LogP contribution in [0.5, 0.6) is 0 Å². The Morgan fingerprint density at radius 2 is 2.10 bits per heavy atom. The molecule has 0 atom stereocenters. The van der Waals surface area contributed by atoms with Crippen LogP contribution in [0, 0.1) is 13.8 Å². The molecule has 0 aliphatic heterocycles. The molecule has 6 heteroatoms. The standard InChI is InChI=1S/C14H16N6/c1-10-5-14-17-7-12(9-20(14)19-10)6-15-8-13-3-4-16-11(2)18-13/h3-5,7,9,15H,6,8H2,1-2H3.